The van der Waals surface area contributed by atoms with Crippen molar-refractivity contribution in [2.24, 2.45) is 0 Å². The van der Waals surface area contributed by atoms with Gasteiger partial charge in [-0.25, -0.2) is 4.79 Å². The van der Waals surface area contributed by atoms with Crippen LogP contribution in [-0.2, 0) is 4.79 Å². The zero-order chi connectivity index (χ0) is 13.7. The number of benzene rings is 1. The molecule has 0 atom stereocenters. The van der Waals surface area contributed by atoms with Gasteiger partial charge in [-0.05, 0) is 49.4 Å². The van der Waals surface area contributed by atoms with Gasteiger partial charge in [0.05, 0.1) is 7.11 Å². The van der Waals surface area contributed by atoms with E-state index in [9.17, 15) is 4.79 Å². The van der Waals surface area contributed by atoms with Gasteiger partial charge in [0.15, 0.2) is 0 Å². The topological polar surface area (TPSA) is 48.7 Å². The van der Waals surface area contributed by atoms with Crippen LogP contribution in [0.1, 0.15) is 11.5 Å². The number of esters is 1. The first-order valence-corrected chi connectivity index (χ1v) is 5.78. The number of ether oxygens (including phenoxy) is 2. The zero-order valence-corrected chi connectivity index (χ0v) is 10.8. The van der Waals surface area contributed by atoms with Crippen molar-refractivity contribution in [3.8, 4) is 11.5 Å². The lowest BCUT2D eigenvalue weighted by Gasteiger charge is -2.02. The standard InChI is InChI=1S/C15H14O4/c1-11-3-4-13(18-11)9-10-15(16)19-14-7-5-12(17-2)6-8-14/h3-10H,1-2H3. The second-order valence-electron chi connectivity index (χ2n) is 3.88. The van der Waals surface area contributed by atoms with E-state index in [1.54, 1.807) is 43.5 Å². The fourth-order valence-electron chi connectivity index (χ4n) is 1.49. The summed E-state index contributed by atoms with van der Waals surface area (Å²) in [4.78, 5) is 11.6. The minimum Gasteiger partial charge on any atom is -0.497 e. The van der Waals surface area contributed by atoms with Crippen molar-refractivity contribution in [3.05, 3.63) is 54.0 Å². The van der Waals surface area contributed by atoms with Crippen LogP contribution < -0.4 is 9.47 Å². The Morgan fingerprint density at radius 1 is 1.11 bits per heavy atom. The van der Waals surface area contributed by atoms with Crippen molar-refractivity contribution >= 4 is 12.0 Å². The van der Waals surface area contributed by atoms with Gasteiger partial charge in [-0.1, -0.05) is 0 Å². The van der Waals surface area contributed by atoms with E-state index in [2.05, 4.69) is 0 Å². The van der Waals surface area contributed by atoms with E-state index in [0.717, 1.165) is 5.76 Å². The summed E-state index contributed by atoms with van der Waals surface area (Å²) in [5.74, 6) is 2.12. The lowest BCUT2D eigenvalue weighted by molar-refractivity contribution is -0.128. The monoisotopic (exact) mass is 258 g/mol. The van der Waals surface area contributed by atoms with E-state index in [0.29, 0.717) is 17.3 Å². The van der Waals surface area contributed by atoms with Gasteiger partial charge in [-0.2, -0.15) is 0 Å². The van der Waals surface area contributed by atoms with Crippen LogP contribution in [0.2, 0.25) is 0 Å². The molecule has 0 bridgehead atoms. The van der Waals surface area contributed by atoms with Crippen LogP contribution in [0.3, 0.4) is 0 Å². The molecule has 19 heavy (non-hydrogen) atoms. The summed E-state index contributed by atoms with van der Waals surface area (Å²) in [5.41, 5.74) is 0. The quantitative estimate of drug-likeness (QED) is 0.480. The molecule has 0 N–H and O–H groups in total. The first-order chi connectivity index (χ1) is 9.17. The van der Waals surface area contributed by atoms with Gasteiger partial charge in [-0.15, -0.1) is 0 Å². The van der Waals surface area contributed by atoms with Gasteiger partial charge in [0.2, 0.25) is 0 Å². The molecule has 0 saturated heterocycles. The maximum absolute atomic E-state index is 11.6. The molecule has 0 unspecified atom stereocenters. The lowest BCUT2D eigenvalue weighted by atomic mass is 10.3. The smallest absolute Gasteiger partial charge is 0.336 e. The van der Waals surface area contributed by atoms with Crippen molar-refractivity contribution in [1.29, 1.82) is 0 Å². The van der Waals surface area contributed by atoms with Crippen molar-refractivity contribution in [1.82, 2.24) is 0 Å². The number of rotatable bonds is 4. The van der Waals surface area contributed by atoms with Gasteiger partial charge >= 0.3 is 5.97 Å². The minimum absolute atomic E-state index is 0.459. The molecule has 0 amide bonds. The van der Waals surface area contributed by atoms with Gasteiger partial charge in [0.1, 0.15) is 23.0 Å². The first-order valence-electron chi connectivity index (χ1n) is 5.78. The van der Waals surface area contributed by atoms with Crippen LogP contribution in [0.25, 0.3) is 6.08 Å². The molecule has 1 aromatic carbocycles. The number of hydrogen-bond donors (Lipinski definition) is 0. The Hall–Kier alpha value is -2.49. The van der Waals surface area contributed by atoms with Crippen LogP contribution in [0.4, 0.5) is 0 Å². The summed E-state index contributed by atoms with van der Waals surface area (Å²) in [6, 6.07) is 10.4. The van der Waals surface area contributed by atoms with E-state index in [1.165, 1.54) is 6.08 Å². The number of hydrogen-bond acceptors (Lipinski definition) is 4. The molecule has 4 heteroatoms. The van der Waals surface area contributed by atoms with Crippen molar-refractivity contribution < 1.29 is 18.7 Å². The van der Waals surface area contributed by atoms with Gasteiger partial charge in [0.25, 0.3) is 0 Å². The van der Waals surface area contributed by atoms with Crippen LogP contribution in [0, 0.1) is 6.92 Å². The second kappa shape index (κ2) is 5.91. The minimum atomic E-state index is -0.459. The first kappa shape index (κ1) is 13.0. The lowest BCUT2D eigenvalue weighted by Crippen LogP contribution is -2.03. The third kappa shape index (κ3) is 3.74. The summed E-state index contributed by atoms with van der Waals surface area (Å²) >= 11 is 0. The van der Waals surface area contributed by atoms with Crippen molar-refractivity contribution in [2.75, 3.05) is 7.11 Å². The van der Waals surface area contributed by atoms with Crippen LogP contribution >= 0.6 is 0 Å². The largest absolute Gasteiger partial charge is 0.497 e. The number of carbonyl (C=O) groups is 1. The third-order valence-electron chi connectivity index (χ3n) is 2.42. The highest BCUT2D eigenvalue weighted by molar-refractivity contribution is 5.88. The summed E-state index contributed by atoms with van der Waals surface area (Å²) in [7, 11) is 1.58. The molecule has 1 aromatic heterocycles. The van der Waals surface area contributed by atoms with Gasteiger partial charge < -0.3 is 13.9 Å². The molecule has 0 fully saturated rings. The maximum atomic E-state index is 11.6. The molecular formula is C15H14O4. The number of carbonyl (C=O) groups excluding carboxylic acids is 1. The van der Waals surface area contributed by atoms with Crippen molar-refractivity contribution in [3.63, 3.8) is 0 Å². The Labute approximate surface area is 111 Å². The van der Waals surface area contributed by atoms with E-state index >= 15 is 0 Å². The van der Waals surface area contributed by atoms with E-state index in [-0.39, 0.29) is 0 Å². The highest BCUT2D eigenvalue weighted by Crippen LogP contribution is 2.17. The number of aryl methyl sites for hydroxylation is 1. The zero-order valence-electron chi connectivity index (χ0n) is 10.8. The Morgan fingerprint density at radius 3 is 2.37 bits per heavy atom. The summed E-state index contributed by atoms with van der Waals surface area (Å²) in [6.07, 6.45) is 2.89. The van der Waals surface area contributed by atoms with Crippen LogP contribution in [-0.4, -0.2) is 13.1 Å². The molecule has 0 aliphatic rings. The molecule has 0 spiro atoms. The van der Waals surface area contributed by atoms with Crippen LogP contribution in [0.5, 0.6) is 11.5 Å². The molecule has 4 nitrogen and oxygen atoms in total. The van der Waals surface area contributed by atoms with E-state index in [4.69, 9.17) is 13.9 Å². The summed E-state index contributed by atoms with van der Waals surface area (Å²) in [5, 5.41) is 0. The van der Waals surface area contributed by atoms with E-state index in [1.807, 2.05) is 13.0 Å². The fraction of sp³-hybridized carbons (Fsp3) is 0.133. The molecule has 2 rings (SSSR count). The Balaban J connectivity index is 1.95. The number of methoxy groups -OCH3 is 1. The molecule has 0 aliphatic heterocycles. The second-order valence-corrected chi connectivity index (χ2v) is 3.88. The number of furan rings is 1. The maximum Gasteiger partial charge on any atom is 0.336 e. The van der Waals surface area contributed by atoms with Crippen LogP contribution in [0.15, 0.2) is 46.9 Å². The van der Waals surface area contributed by atoms with E-state index < -0.39 is 5.97 Å². The highest BCUT2D eigenvalue weighted by Gasteiger charge is 2.01. The van der Waals surface area contributed by atoms with Gasteiger partial charge in [-0.3, -0.25) is 0 Å². The molecule has 98 valence electrons. The molecule has 0 saturated carbocycles. The molecule has 0 aliphatic carbocycles. The van der Waals surface area contributed by atoms with Crippen molar-refractivity contribution in [2.45, 2.75) is 6.92 Å². The molecular weight excluding hydrogens is 244 g/mol. The molecule has 1 heterocycles. The average Bonchev–Trinajstić information content (AvgIpc) is 2.83. The summed E-state index contributed by atoms with van der Waals surface area (Å²) < 4.78 is 15.4. The summed E-state index contributed by atoms with van der Waals surface area (Å²) in [6.45, 7) is 1.84. The normalized spacial score (nSPS) is 10.6. The Kier molecular flexibility index (Phi) is 4.03. The fourth-order valence-corrected chi connectivity index (χ4v) is 1.49. The predicted molar refractivity (Wildman–Crippen MR) is 71.1 cm³/mol. The molecule has 2 aromatic rings. The predicted octanol–water partition coefficient (Wildman–Crippen LogP) is 3.22. The SMILES string of the molecule is COc1ccc(OC(=O)C=Cc2ccc(C)o2)cc1. The molecule has 0 radical (unpaired) electrons. The van der Waals surface area contributed by atoms with Gasteiger partial charge in [0, 0.05) is 6.08 Å². The Bertz CT molecular complexity index is 578. The Morgan fingerprint density at radius 2 is 1.79 bits per heavy atom. The average molecular weight is 258 g/mol. The highest BCUT2D eigenvalue weighted by atomic mass is 16.5. The third-order valence-corrected chi connectivity index (χ3v) is 2.42.